The largest absolute Gasteiger partial charge is 0.462 e. The first-order valence-corrected chi connectivity index (χ1v) is 8.51. The Morgan fingerprint density at radius 3 is 2.37 bits per heavy atom. The standard InChI is InChI=1S/C20H22N2O5/c1-3-11-26-19(24)14-7-9-15(10-8-14)22-17(23)12-27-20(25)16-6-4-5-13(2)18(16)21/h4-10H,3,11-12,21H2,1-2H3,(H,22,23). The number of anilines is 2. The lowest BCUT2D eigenvalue weighted by atomic mass is 10.1. The highest BCUT2D eigenvalue weighted by Gasteiger charge is 2.14. The molecule has 27 heavy (non-hydrogen) atoms. The molecule has 0 aromatic heterocycles. The highest BCUT2D eigenvalue weighted by Crippen LogP contribution is 2.17. The average Bonchev–Trinajstić information content (AvgIpc) is 2.67. The number of rotatable bonds is 7. The number of para-hydroxylation sites is 1. The summed E-state index contributed by atoms with van der Waals surface area (Å²) in [5, 5.41) is 2.58. The van der Waals surface area contributed by atoms with Gasteiger partial charge in [-0.3, -0.25) is 4.79 Å². The summed E-state index contributed by atoms with van der Waals surface area (Å²) in [5.41, 5.74) is 8.01. The van der Waals surface area contributed by atoms with Crippen molar-refractivity contribution in [3.8, 4) is 0 Å². The van der Waals surface area contributed by atoms with Gasteiger partial charge in [0.1, 0.15) is 0 Å². The molecule has 0 aliphatic heterocycles. The van der Waals surface area contributed by atoms with Crippen LogP contribution in [-0.2, 0) is 14.3 Å². The zero-order valence-corrected chi connectivity index (χ0v) is 15.3. The van der Waals surface area contributed by atoms with Gasteiger partial charge in [-0.05, 0) is 49.2 Å². The van der Waals surface area contributed by atoms with Crippen molar-refractivity contribution in [2.45, 2.75) is 20.3 Å². The average molecular weight is 370 g/mol. The number of ether oxygens (including phenoxy) is 2. The maximum Gasteiger partial charge on any atom is 0.340 e. The molecule has 0 atom stereocenters. The number of amides is 1. The second-order valence-corrected chi connectivity index (χ2v) is 5.87. The van der Waals surface area contributed by atoms with Crippen LogP contribution in [-0.4, -0.2) is 31.1 Å². The summed E-state index contributed by atoms with van der Waals surface area (Å²) in [7, 11) is 0. The van der Waals surface area contributed by atoms with Gasteiger partial charge in [-0.25, -0.2) is 9.59 Å². The normalized spacial score (nSPS) is 10.1. The Morgan fingerprint density at radius 2 is 1.70 bits per heavy atom. The molecular formula is C20H22N2O5. The first-order valence-electron chi connectivity index (χ1n) is 8.51. The van der Waals surface area contributed by atoms with Crippen LogP contribution in [0.2, 0.25) is 0 Å². The minimum atomic E-state index is -0.666. The van der Waals surface area contributed by atoms with Gasteiger partial charge in [0.25, 0.3) is 5.91 Å². The van der Waals surface area contributed by atoms with E-state index in [9.17, 15) is 14.4 Å². The number of esters is 2. The maximum absolute atomic E-state index is 12.0. The van der Waals surface area contributed by atoms with Gasteiger partial charge in [-0.2, -0.15) is 0 Å². The molecule has 7 nitrogen and oxygen atoms in total. The van der Waals surface area contributed by atoms with E-state index >= 15 is 0 Å². The molecule has 0 spiro atoms. The van der Waals surface area contributed by atoms with E-state index in [0.717, 1.165) is 12.0 Å². The summed E-state index contributed by atoms with van der Waals surface area (Å²) >= 11 is 0. The number of nitrogens with one attached hydrogen (secondary N) is 1. The summed E-state index contributed by atoms with van der Waals surface area (Å²) in [6, 6.07) is 11.2. The second-order valence-electron chi connectivity index (χ2n) is 5.87. The Labute approximate surface area is 157 Å². The summed E-state index contributed by atoms with van der Waals surface area (Å²) in [4.78, 5) is 35.7. The number of carbonyl (C=O) groups is 3. The van der Waals surface area contributed by atoms with Crippen LogP contribution in [0.4, 0.5) is 11.4 Å². The van der Waals surface area contributed by atoms with Gasteiger partial charge >= 0.3 is 11.9 Å². The monoisotopic (exact) mass is 370 g/mol. The fourth-order valence-electron chi connectivity index (χ4n) is 2.23. The van der Waals surface area contributed by atoms with Crippen molar-refractivity contribution in [2.24, 2.45) is 0 Å². The Balaban J connectivity index is 1.87. The molecule has 0 aliphatic rings. The van der Waals surface area contributed by atoms with Crippen LogP contribution in [0.3, 0.4) is 0 Å². The maximum atomic E-state index is 12.0. The number of carbonyl (C=O) groups excluding carboxylic acids is 3. The van der Waals surface area contributed by atoms with Crippen molar-refractivity contribution in [3.05, 3.63) is 59.2 Å². The van der Waals surface area contributed by atoms with Gasteiger partial charge in [0.05, 0.1) is 17.7 Å². The van der Waals surface area contributed by atoms with Crippen LogP contribution in [0.1, 0.15) is 39.6 Å². The number of benzene rings is 2. The van der Waals surface area contributed by atoms with E-state index in [-0.39, 0.29) is 5.56 Å². The number of nitrogen functional groups attached to an aromatic ring is 1. The van der Waals surface area contributed by atoms with Crippen LogP contribution in [0.15, 0.2) is 42.5 Å². The molecular weight excluding hydrogens is 348 g/mol. The second kappa shape index (κ2) is 9.38. The number of hydrogen-bond acceptors (Lipinski definition) is 6. The van der Waals surface area contributed by atoms with E-state index < -0.39 is 24.5 Å². The first-order chi connectivity index (χ1) is 12.9. The predicted molar refractivity (Wildman–Crippen MR) is 102 cm³/mol. The van der Waals surface area contributed by atoms with Gasteiger partial charge in [0.2, 0.25) is 0 Å². The van der Waals surface area contributed by atoms with Gasteiger partial charge in [0, 0.05) is 11.4 Å². The number of aryl methyl sites for hydroxylation is 1. The third-order valence-electron chi connectivity index (χ3n) is 3.72. The highest BCUT2D eigenvalue weighted by molar-refractivity contribution is 5.98. The van der Waals surface area contributed by atoms with Crippen LogP contribution >= 0.6 is 0 Å². The van der Waals surface area contributed by atoms with Crippen LogP contribution in [0, 0.1) is 6.92 Å². The minimum absolute atomic E-state index is 0.220. The van der Waals surface area contributed by atoms with Crippen molar-refractivity contribution in [2.75, 3.05) is 24.3 Å². The molecule has 0 unspecified atom stereocenters. The lowest BCUT2D eigenvalue weighted by Crippen LogP contribution is -2.21. The Morgan fingerprint density at radius 1 is 1.00 bits per heavy atom. The van der Waals surface area contributed by atoms with E-state index in [4.69, 9.17) is 15.2 Å². The highest BCUT2D eigenvalue weighted by atomic mass is 16.5. The molecule has 0 saturated carbocycles. The molecule has 0 aliphatic carbocycles. The molecule has 2 aromatic carbocycles. The summed E-state index contributed by atoms with van der Waals surface area (Å²) in [6.07, 6.45) is 0.743. The third-order valence-corrected chi connectivity index (χ3v) is 3.72. The van der Waals surface area contributed by atoms with Gasteiger partial charge < -0.3 is 20.5 Å². The van der Waals surface area contributed by atoms with Gasteiger partial charge in [0.15, 0.2) is 6.61 Å². The van der Waals surface area contributed by atoms with Crippen molar-refractivity contribution in [3.63, 3.8) is 0 Å². The summed E-state index contributed by atoms with van der Waals surface area (Å²) in [5.74, 6) is -1.59. The molecule has 0 fully saturated rings. The van der Waals surface area contributed by atoms with Crippen molar-refractivity contribution < 1.29 is 23.9 Å². The van der Waals surface area contributed by atoms with Crippen molar-refractivity contribution in [1.29, 1.82) is 0 Å². The molecule has 0 heterocycles. The van der Waals surface area contributed by atoms with Gasteiger partial charge in [-0.1, -0.05) is 19.1 Å². The Hall–Kier alpha value is -3.35. The minimum Gasteiger partial charge on any atom is -0.462 e. The molecule has 1 amide bonds. The van der Waals surface area contributed by atoms with E-state index in [2.05, 4.69) is 5.32 Å². The molecule has 2 rings (SSSR count). The molecule has 7 heteroatoms. The molecule has 0 radical (unpaired) electrons. The number of nitrogens with two attached hydrogens (primary N) is 1. The first kappa shape index (κ1) is 20.0. The zero-order valence-electron chi connectivity index (χ0n) is 15.3. The van der Waals surface area contributed by atoms with E-state index in [1.807, 2.05) is 6.92 Å². The lowest BCUT2D eigenvalue weighted by Gasteiger charge is -2.09. The van der Waals surface area contributed by atoms with Gasteiger partial charge in [-0.15, -0.1) is 0 Å². The quantitative estimate of drug-likeness (QED) is 0.573. The smallest absolute Gasteiger partial charge is 0.340 e. The molecule has 2 aromatic rings. The summed E-state index contributed by atoms with van der Waals surface area (Å²) in [6.45, 7) is 3.59. The predicted octanol–water partition coefficient (Wildman–Crippen LogP) is 2.94. The summed E-state index contributed by atoms with van der Waals surface area (Å²) < 4.78 is 10.0. The number of hydrogen-bond donors (Lipinski definition) is 2. The Kier molecular flexibility index (Phi) is 6.93. The fourth-order valence-corrected chi connectivity index (χ4v) is 2.23. The van der Waals surface area contributed by atoms with Crippen LogP contribution < -0.4 is 11.1 Å². The zero-order chi connectivity index (χ0) is 19.8. The molecule has 3 N–H and O–H groups in total. The lowest BCUT2D eigenvalue weighted by molar-refractivity contribution is -0.119. The Bertz CT molecular complexity index is 831. The van der Waals surface area contributed by atoms with Crippen LogP contribution in [0.25, 0.3) is 0 Å². The third kappa shape index (κ3) is 5.57. The van der Waals surface area contributed by atoms with Crippen LogP contribution in [0.5, 0.6) is 0 Å². The topological polar surface area (TPSA) is 108 Å². The van der Waals surface area contributed by atoms with E-state index in [0.29, 0.717) is 23.5 Å². The fraction of sp³-hybridized carbons (Fsp3) is 0.250. The molecule has 142 valence electrons. The molecule has 0 saturated heterocycles. The van der Waals surface area contributed by atoms with Crippen molar-refractivity contribution >= 4 is 29.2 Å². The van der Waals surface area contributed by atoms with E-state index in [1.165, 1.54) is 0 Å². The van der Waals surface area contributed by atoms with Crippen molar-refractivity contribution in [1.82, 2.24) is 0 Å². The SMILES string of the molecule is CCCOC(=O)c1ccc(NC(=O)COC(=O)c2cccc(C)c2N)cc1. The van der Waals surface area contributed by atoms with E-state index in [1.54, 1.807) is 49.4 Å². The molecule has 0 bridgehead atoms.